The molecule has 2 amide bonds. The predicted molar refractivity (Wildman–Crippen MR) is 86.8 cm³/mol. The van der Waals surface area contributed by atoms with Crippen molar-refractivity contribution in [2.24, 2.45) is 11.7 Å². The smallest absolute Gasteiger partial charge is 0.227 e. The molecule has 24 heavy (non-hydrogen) atoms. The van der Waals surface area contributed by atoms with Gasteiger partial charge in [0, 0.05) is 18.7 Å². The monoisotopic (exact) mass is 328 g/mol. The van der Waals surface area contributed by atoms with E-state index in [1.54, 1.807) is 41.3 Å². The van der Waals surface area contributed by atoms with Crippen LogP contribution in [-0.2, 0) is 16.2 Å². The molecule has 2 N–H and O–H groups in total. The van der Waals surface area contributed by atoms with Gasteiger partial charge in [0.1, 0.15) is 18.2 Å². The number of carbonyl (C=O) groups is 2. The maximum Gasteiger partial charge on any atom is 0.227 e. The van der Waals surface area contributed by atoms with Crippen LogP contribution in [0, 0.1) is 11.7 Å². The Kier molecular flexibility index (Phi) is 4.46. The third kappa shape index (κ3) is 3.53. The number of primary amides is 1. The van der Waals surface area contributed by atoms with Crippen molar-refractivity contribution >= 4 is 17.5 Å². The minimum atomic E-state index is -0.458. The van der Waals surface area contributed by atoms with Gasteiger partial charge >= 0.3 is 0 Å². The van der Waals surface area contributed by atoms with E-state index in [2.05, 4.69) is 0 Å². The van der Waals surface area contributed by atoms with Crippen LogP contribution >= 0.6 is 0 Å². The number of benzene rings is 2. The second kappa shape index (κ2) is 6.70. The first-order valence-electron chi connectivity index (χ1n) is 7.60. The van der Waals surface area contributed by atoms with Crippen molar-refractivity contribution in [1.29, 1.82) is 0 Å². The van der Waals surface area contributed by atoms with Crippen LogP contribution in [0.4, 0.5) is 10.1 Å². The molecule has 1 aliphatic heterocycles. The Hall–Kier alpha value is -2.89. The second-order valence-corrected chi connectivity index (χ2v) is 5.72. The van der Waals surface area contributed by atoms with Crippen molar-refractivity contribution in [2.75, 3.05) is 11.4 Å². The summed E-state index contributed by atoms with van der Waals surface area (Å²) in [6.45, 7) is 0.557. The highest BCUT2D eigenvalue weighted by atomic mass is 19.1. The largest absolute Gasteiger partial charge is 0.489 e. The Morgan fingerprint density at radius 1 is 1.25 bits per heavy atom. The quantitative estimate of drug-likeness (QED) is 0.915. The van der Waals surface area contributed by atoms with Gasteiger partial charge in [0.15, 0.2) is 0 Å². The Morgan fingerprint density at radius 3 is 2.62 bits per heavy atom. The molecule has 124 valence electrons. The maximum atomic E-state index is 13.1. The van der Waals surface area contributed by atoms with E-state index in [1.165, 1.54) is 12.1 Å². The minimum absolute atomic E-state index is 0.118. The SMILES string of the molecule is NC(=O)C1CC(=O)N(c2ccc(OCc3cccc(F)c3)cc2)C1. The number of carbonyl (C=O) groups excluding carboxylic acids is 2. The first-order valence-corrected chi connectivity index (χ1v) is 7.60. The van der Waals surface area contributed by atoms with E-state index in [0.717, 1.165) is 5.56 Å². The lowest BCUT2D eigenvalue weighted by Crippen LogP contribution is -2.28. The zero-order valence-corrected chi connectivity index (χ0v) is 12.9. The summed E-state index contributed by atoms with van der Waals surface area (Å²) < 4.78 is 18.7. The molecular formula is C18H17FN2O3. The molecule has 1 atom stereocenters. The number of anilines is 1. The number of nitrogens with two attached hydrogens (primary N) is 1. The van der Waals surface area contributed by atoms with Crippen LogP contribution in [-0.4, -0.2) is 18.4 Å². The van der Waals surface area contributed by atoms with Crippen molar-refractivity contribution in [3.8, 4) is 5.75 Å². The van der Waals surface area contributed by atoms with Crippen molar-refractivity contribution < 1.29 is 18.7 Å². The number of amides is 2. The lowest BCUT2D eigenvalue weighted by molar-refractivity contribution is -0.123. The number of hydrogen-bond donors (Lipinski definition) is 1. The van der Waals surface area contributed by atoms with E-state index in [0.29, 0.717) is 18.0 Å². The highest BCUT2D eigenvalue weighted by Crippen LogP contribution is 2.27. The Bertz CT molecular complexity index is 761. The number of halogens is 1. The molecule has 2 aromatic rings. The Labute approximate surface area is 138 Å². The van der Waals surface area contributed by atoms with E-state index < -0.39 is 11.8 Å². The zero-order valence-electron chi connectivity index (χ0n) is 12.9. The molecule has 0 spiro atoms. The molecule has 1 aliphatic rings. The summed E-state index contributed by atoms with van der Waals surface area (Å²) in [5.41, 5.74) is 6.70. The van der Waals surface area contributed by atoms with Crippen molar-refractivity contribution in [3.63, 3.8) is 0 Å². The summed E-state index contributed by atoms with van der Waals surface area (Å²) >= 11 is 0. The van der Waals surface area contributed by atoms with E-state index >= 15 is 0 Å². The van der Waals surface area contributed by atoms with Gasteiger partial charge in [-0.25, -0.2) is 4.39 Å². The average Bonchev–Trinajstić information content (AvgIpc) is 2.96. The summed E-state index contributed by atoms with van der Waals surface area (Å²) in [7, 11) is 0. The van der Waals surface area contributed by atoms with E-state index in [1.807, 2.05) is 0 Å². The van der Waals surface area contributed by atoms with Crippen LogP contribution in [0.5, 0.6) is 5.75 Å². The lowest BCUT2D eigenvalue weighted by Gasteiger charge is -2.16. The number of ether oxygens (including phenoxy) is 1. The molecule has 0 saturated carbocycles. The number of rotatable bonds is 5. The summed E-state index contributed by atoms with van der Waals surface area (Å²) in [5.74, 6) is -0.710. The maximum absolute atomic E-state index is 13.1. The molecule has 5 nitrogen and oxygen atoms in total. The van der Waals surface area contributed by atoms with Gasteiger partial charge in [-0.05, 0) is 42.0 Å². The fraction of sp³-hybridized carbons (Fsp3) is 0.222. The molecule has 0 bridgehead atoms. The van der Waals surface area contributed by atoms with Crippen LogP contribution in [0.25, 0.3) is 0 Å². The Balaban J connectivity index is 1.63. The Morgan fingerprint density at radius 2 is 2.00 bits per heavy atom. The molecular weight excluding hydrogens is 311 g/mol. The molecule has 0 aliphatic carbocycles. The molecule has 1 saturated heterocycles. The normalized spacial score (nSPS) is 17.1. The molecule has 1 heterocycles. The van der Waals surface area contributed by atoms with Crippen molar-refractivity contribution in [3.05, 3.63) is 59.9 Å². The van der Waals surface area contributed by atoms with Crippen LogP contribution < -0.4 is 15.4 Å². The van der Waals surface area contributed by atoms with Crippen LogP contribution in [0.15, 0.2) is 48.5 Å². The van der Waals surface area contributed by atoms with Crippen molar-refractivity contribution in [2.45, 2.75) is 13.0 Å². The van der Waals surface area contributed by atoms with Gasteiger partial charge in [0.2, 0.25) is 11.8 Å². The highest BCUT2D eigenvalue weighted by Gasteiger charge is 2.33. The van der Waals surface area contributed by atoms with Gasteiger partial charge in [0.25, 0.3) is 0 Å². The van der Waals surface area contributed by atoms with Crippen LogP contribution in [0.2, 0.25) is 0 Å². The third-order valence-corrected chi connectivity index (χ3v) is 3.97. The summed E-state index contributed by atoms with van der Waals surface area (Å²) in [6, 6.07) is 13.2. The van der Waals surface area contributed by atoms with Gasteiger partial charge in [-0.3, -0.25) is 9.59 Å². The van der Waals surface area contributed by atoms with E-state index in [-0.39, 0.29) is 24.8 Å². The topological polar surface area (TPSA) is 72.6 Å². The summed E-state index contributed by atoms with van der Waals surface area (Å²) in [4.78, 5) is 24.7. The average molecular weight is 328 g/mol. The van der Waals surface area contributed by atoms with Gasteiger partial charge in [-0.1, -0.05) is 12.1 Å². The molecule has 6 heteroatoms. The van der Waals surface area contributed by atoms with Gasteiger partial charge in [-0.15, -0.1) is 0 Å². The summed E-state index contributed by atoms with van der Waals surface area (Å²) in [6.07, 6.45) is 0.146. The van der Waals surface area contributed by atoms with Crippen LogP contribution in [0.1, 0.15) is 12.0 Å². The summed E-state index contributed by atoms with van der Waals surface area (Å²) in [5, 5.41) is 0. The molecule has 0 aromatic heterocycles. The molecule has 1 unspecified atom stereocenters. The lowest BCUT2D eigenvalue weighted by atomic mass is 10.1. The van der Waals surface area contributed by atoms with E-state index in [4.69, 9.17) is 10.5 Å². The molecule has 1 fully saturated rings. The predicted octanol–water partition coefficient (Wildman–Crippen LogP) is 2.24. The second-order valence-electron chi connectivity index (χ2n) is 5.72. The zero-order chi connectivity index (χ0) is 17.1. The standard InChI is InChI=1S/C18H17FN2O3/c19-14-3-1-2-12(8-14)11-24-16-6-4-15(5-7-16)21-10-13(18(20)23)9-17(21)22/h1-8,13H,9-11H2,(H2,20,23). The molecule has 2 aromatic carbocycles. The first-order chi connectivity index (χ1) is 11.5. The highest BCUT2D eigenvalue weighted by molar-refractivity contribution is 6.00. The minimum Gasteiger partial charge on any atom is -0.489 e. The van der Waals surface area contributed by atoms with Gasteiger partial charge in [0.05, 0.1) is 5.92 Å². The van der Waals surface area contributed by atoms with Crippen molar-refractivity contribution in [1.82, 2.24) is 0 Å². The third-order valence-electron chi connectivity index (χ3n) is 3.97. The first kappa shape index (κ1) is 16.0. The number of nitrogens with zero attached hydrogens (tertiary/aromatic N) is 1. The number of hydrogen-bond acceptors (Lipinski definition) is 3. The van der Waals surface area contributed by atoms with E-state index in [9.17, 15) is 14.0 Å². The van der Waals surface area contributed by atoms with Gasteiger partial charge < -0.3 is 15.4 Å². The fourth-order valence-electron chi connectivity index (χ4n) is 2.66. The van der Waals surface area contributed by atoms with Crippen LogP contribution in [0.3, 0.4) is 0 Å². The molecule has 0 radical (unpaired) electrons. The van der Waals surface area contributed by atoms with Gasteiger partial charge in [-0.2, -0.15) is 0 Å². The fourth-order valence-corrected chi connectivity index (χ4v) is 2.66. The molecule has 3 rings (SSSR count).